The van der Waals surface area contributed by atoms with E-state index in [4.69, 9.17) is 5.73 Å². The van der Waals surface area contributed by atoms with E-state index in [2.05, 4.69) is 4.84 Å². The van der Waals surface area contributed by atoms with E-state index < -0.39 is 21.7 Å². The van der Waals surface area contributed by atoms with E-state index in [1.807, 2.05) is 5.48 Å². The predicted octanol–water partition coefficient (Wildman–Crippen LogP) is -1.56. The molecule has 0 aromatic rings. The van der Waals surface area contributed by atoms with Crippen LogP contribution in [0.3, 0.4) is 0 Å². The van der Waals surface area contributed by atoms with E-state index in [0.29, 0.717) is 6.42 Å². The van der Waals surface area contributed by atoms with Gasteiger partial charge in [-0.2, -0.15) is 0 Å². The van der Waals surface area contributed by atoms with E-state index in [1.165, 1.54) is 11.8 Å². The number of hydroxylamine groups is 1. The Morgan fingerprint density at radius 1 is 1.47 bits per heavy atom. The molecule has 1 rings (SSSR count). The lowest BCUT2D eigenvalue weighted by Crippen LogP contribution is -2.31. The largest absolute Gasteiger partial charge is 0.368 e. The summed E-state index contributed by atoms with van der Waals surface area (Å²) < 4.78 is 22.3. The highest BCUT2D eigenvalue weighted by Gasteiger charge is 2.28. The SMILES string of the molecule is NC(=O)CONC(=O)CSC1CCS(=O)(=O)C1. The molecule has 7 nitrogen and oxygen atoms in total. The van der Waals surface area contributed by atoms with Crippen LogP contribution in [0.25, 0.3) is 0 Å². The minimum absolute atomic E-state index is 0.0399. The van der Waals surface area contributed by atoms with Crippen LogP contribution in [0.5, 0.6) is 0 Å². The van der Waals surface area contributed by atoms with Crippen LogP contribution in [0.15, 0.2) is 0 Å². The highest BCUT2D eigenvalue weighted by Crippen LogP contribution is 2.23. The van der Waals surface area contributed by atoms with Gasteiger partial charge in [0.05, 0.1) is 17.3 Å². The molecule has 17 heavy (non-hydrogen) atoms. The number of rotatable bonds is 6. The van der Waals surface area contributed by atoms with Crippen molar-refractivity contribution in [3.8, 4) is 0 Å². The van der Waals surface area contributed by atoms with Crippen molar-refractivity contribution in [3.05, 3.63) is 0 Å². The second-order valence-electron chi connectivity index (χ2n) is 3.62. The second kappa shape index (κ2) is 6.22. The lowest BCUT2D eigenvalue weighted by atomic mass is 10.4. The van der Waals surface area contributed by atoms with Crippen molar-refractivity contribution in [1.82, 2.24) is 5.48 Å². The fourth-order valence-electron chi connectivity index (χ4n) is 1.30. The average Bonchev–Trinajstić information content (AvgIpc) is 2.55. The van der Waals surface area contributed by atoms with Crippen LogP contribution in [0.1, 0.15) is 6.42 Å². The Labute approximate surface area is 103 Å². The molecule has 0 bridgehead atoms. The van der Waals surface area contributed by atoms with E-state index in [-0.39, 0.29) is 29.1 Å². The molecular weight excluding hydrogens is 268 g/mol. The van der Waals surface area contributed by atoms with Crippen LogP contribution in [0.4, 0.5) is 0 Å². The monoisotopic (exact) mass is 282 g/mol. The maximum absolute atomic E-state index is 11.2. The van der Waals surface area contributed by atoms with Crippen molar-refractivity contribution >= 4 is 33.4 Å². The van der Waals surface area contributed by atoms with Gasteiger partial charge in [-0.05, 0) is 6.42 Å². The van der Waals surface area contributed by atoms with Gasteiger partial charge in [0.1, 0.15) is 0 Å². The topological polar surface area (TPSA) is 116 Å². The molecular formula is C8H14N2O5S2. The summed E-state index contributed by atoms with van der Waals surface area (Å²) in [5, 5.41) is -0.0399. The summed E-state index contributed by atoms with van der Waals surface area (Å²) in [5.41, 5.74) is 6.84. The van der Waals surface area contributed by atoms with Gasteiger partial charge in [0.2, 0.25) is 5.91 Å². The average molecular weight is 282 g/mol. The lowest BCUT2D eigenvalue weighted by molar-refractivity contribution is -0.135. The maximum atomic E-state index is 11.2. The molecule has 1 unspecified atom stereocenters. The maximum Gasteiger partial charge on any atom is 0.253 e. The third-order valence-electron chi connectivity index (χ3n) is 2.04. The van der Waals surface area contributed by atoms with Gasteiger partial charge in [-0.3, -0.25) is 14.4 Å². The van der Waals surface area contributed by atoms with Crippen LogP contribution in [0.2, 0.25) is 0 Å². The number of sulfone groups is 1. The van der Waals surface area contributed by atoms with Crippen molar-refractivity contribution in [3.63, 3.8) is 0 Å². The van der Waals surface area contributed by atoms with E-state index in [1.54, 1.807) is 0 Å². The van der Waals surface area contributed by atoms with Crippen LogP contribution >= 0.6 is 11.8 Å². The molecule has 1 atom stereocenters. The molecule has 1 heterocycles. The summed E-state index contributed by atoms with van der Waals surface area (Å²) in [7, 11) is -2.92. The zero-order valence-corrected chi connectivity index (χ0v) is 10.7. The number of amides is 2. The normalized spacial score (nSPS) is 22.2. The zero-order chi connectivity index (χ0) is 12.9. The Morgan fingerprint density at radius 2 is 2.18 bits per heavy atom. The van der Waals surface area contributed by atoms with Crippen molar-refractivity contribution in [2.75, 3.05) is 23.9 Å². The van der Waals surface area contributed by atoms with Gasteiger partial charge in [-0.15, -0.1) is 11.8 Å². The summed E-state index contributed by atoms with van der Waals surface area (Å²) in [6.07, 6.45) is 0.572. The molecule has 3 N–H and O–H groups in total. The summed E-state index contributed by atoms with van der Waals surface area (Å²) in [5.74, 6) is -0.698. The number of nitrogens with one attached hydrogen (secondary N) is 1. The molecule has 1 saturated heterocycles. The molecule has 0 spiro atoms. The number of carbonyl (C=O) groups is 2. The Morgan fingerprint density at radius 3 is 2.71 bits per heavy atom. The molecule has 0 aromatic carbocycles. The number of hydrogen-bond donors (Lipinski definition) is 2. The minimum atomic E-state index is -2.92. The number of nitrogens with two attached hydrogens (primary N) is 1. The second-order valence-corrected chi connectivity index (χ2v) is 7.13. The fraction of sp³-hybridized carbons (Fsp3) is 0.750. The third kappa shape index (κ3) is 5.89. The van der Waals surface area contributed by atoms with Gasteiger partial charge < -0.3 is 5.73 Å². The fourth-order valence-corrected chi connectivity index (χ4v) is 4.73. The van der Waals surface area contributed by atoms with Gasteiger partial charge in [-0.25, -0.2) is 13.9 Å². The van der Waals surface area contributed by atoms with Crippen molar-refractivity contribution in [2.24, 2.45) is 5.73 Å². The Balaban J connectivity index is 2.14. The first-order chi connectivity index (χ1) is 7.89. The highest BCUT2D eigenvalue weighted by molar-refractivity contribution is 8.02. The van der Waals surface area contributed by atoms with Gasteiger partial charge in [0.15, 0.2) is 16.4 Å². The number of carbonyl (C=O) groups excluding carboxylic acids is 2. The molecule has 0 saturated carbocycles. The summed E-state index contributed by atoms with van der Waals surface area (Å²) in [6, 6.07) is 0. The van der Waals surface area contributed by atoms with E-state index in [0.717, 1.165) is 0 Å². The predicted molar refractivity (Wildman–Crippen MR) is 62.8 cm³/mol. The van der Waals surface area contributed by atoms with Crippen molar-refractivity contribution < 1.29 is 22.8 Å². The Hall–Kier alpha value is -0.800. The molecule has 1 aliphatic heterocycles. The van der Waals surface area contributed by atoms with Crippen molar-refractivity contribution in [1.29, 1.82) is 0 Å². The molecule has 1 fully saturated rings. The number of primary amides is 1. The molecule has 0 aliphatic carbocycles. The van der Waals surface area contributed by atoms with Gasteiger partial charge in [0, 0.05) is 5.25 Å². The number of hydrogen-bond acceptors (Lipinski definition) is 6. The smallest absolute Gasteiger partial charge is 0.253 e. The summed E-state index contributed by atoms with van der Waals surface area (Å²) in [6.45, 7) is -0.381. The first-order valence-electron chi connectivity index (χ1n) is 4.90. The van der Waals surface area contributed by atoms with Crippen molar-refractivity contribution in [2.45, 2.75) is 11.7 Å². The van der Waals surface area contributed by atoms with Crippen LogP contribution in [-0.4, -0.2) is 49.3 Å². The quantitative estimate of drug-likeness (QED) is 0.569. The van der Waals surface area contributed by atoms with Crippen LogP contribution in [-0.2, 0) is 24.3 Å². The molecule has 0 radical (unpaired) electrons. The summed E-state index contributed by atoms with van der Waals surface area (Å²) >= 11 is 1.27. The van der Waals surface area contributed by atoms with E-state index in [9.17, 15) is 18.0 Å². The Bertz CT molecular complexity index is 395. The third-order valence-corrected chi connectivity index (χ3v) is 5.32. The molecule has 2 amide bonds. The van der Waals surface area contributed by atoms with Gasteiger partial charge in [0.25, 0.3) is 5.91 Å². The first kappa shape index (κ1) is 14.3. The molecule has 0 aromatic heterocycles. The molecule has 1 aliphatic rings. The number of thioether (sulfide) groups is 1. The zero-order valence-electron chi connectivity index (χ0n) is 9.05. The van der Waals surface area contributed by atoms with Crippen LogP contribution in [0, 0.1) is 0 Å². The highest BCUT2D eigenvalue weighted by atomic mass is 32.2. The standard InChI is InChI=1S/C8H14N2O5S2/c9-7(11)3-15-10-8(12)4-16-6-1-2-17(13,14)5-6/h6H,1-5H2,(H2,9,11)(H,10,12). The lowest BCUT2D eigenvalue weighted by Gasteiger charge is -2.07. The van der Waals surface area contributed by atoms with Crippen LogP contribution < -0.4 is 11.2 Å². The van der Waals surface area contributed by atoms with E-state index >= 15 is 0 Å². The minimum Gasteiger partial charge on any atom is -0.368 e. The van der Waals surface area contributed by atoms with Gasteiger partial charge >= 0.3 is 0 Å². The Kier molecular flexibility index (Phi) is 5.22. The first-order valence-corrected chi connectivity index (χ1v) is 7.77. The van der Waals surface area contributed by atoms with Gasteiger partial charge in [-0.1, -0.05) is 0 Å². The molecule has 98 valence electrons. The summed E-state index contributed by atoms with van der Waals surface area (Å²) in [4.78, 5) is 26.0. The molecule has 9 heteroatoms.